The summed E-state index contributed by atoms with van der Waals surface area (Å²) in [6.45, 7) is 9.46. The van der Waals surface area contributed by atoms with Gasteiger partial charge in [0.25, 0.3) is 5.91 Å². The Hall–Kier alpha value is -3.59. The maximum atomic E-state index is 12.3. The molecule has 0 bridgehead atoms. The number of aromatic nitrogens is 1. The zero-order valence-corrected chi connectivity index (χ0v) is 16.6. The van der Waals surface area contributed by atoms with Gasteiger partial charge in [-0.3, -0.25) is 9.36 Å². The van der Waals surface area contributed by atoms with Crippen LogP contribution in [0.2, 0.25) is 0 Å². The van der Waals surface area contributed by atoms with Crippen LogP contribution in [0.5, 0.6) is 0 Å². The number of carbonyl (C=O) groups is 1. The fraction of sp³-hybridized carbons (Fsp3) is 0.227. The van der Waals surface area contributed by atoms with E-state index >= 15 is 0 Å². The van der Waals surface area contributed by atoms with Gasteiger partial charge >= 0.3 is 0 Å². The molecule has 0 saturated carbocycles. The Labute approximate surface area is 164 Å². The normalized spacial score (nSPS) is 11.0. The Morgan fingerprint density at radius 1 is 1.21 bits per heavy atom. The topological polar surface area (TPSA) is 83.3 Å². The summed E-state index contributed by atoms with van der Waals surface area (Å²) in [7, 11) is 0. The Kier molecular flexibility index (Phi) is 5.18. The molecule has 0 aliphatic heterocycles. The van der Waals surface area contributed by atoms with E-state index in [-0.39, 0.29) is 5.91 Å². The van der Waals surface area contributed by atoms with Crippen LogP contribution in [0.4, 0.5) is 0 Å². The molecule has 0 unspecified atom stereocenters. The van der Waals surface area contributed by atoms with E-state index in [1.165, 1.54) is 0 Å². The molecular formula is C22H22N4O2. The van der Waals surface area contributed by atoms with Crippen LogP contribution in [0, 0.1) is 45.9 Å². The highest BCUT2D eigenvalue weighted by Gasteiger charge is 2.20. The van der Waals surface area contributed by atoms with Crippen LogP contribution >= 0.6 is 0 Å². The van der Waals surface area contributed by atoms with Crippen molar-refractivity contribution in [3.63, 3.8) is 0 Å². The molecule has 1 amide bonds. The predicted molar refractivity (Wildman–Crippen MR) is 108 cm³/mol. The zero-order chi connectivity index (χ0) is 20.4. The third-order valence-electron chi connectivity index (χ3n) is 4.91. The van der Waals surface area contributed by atoms with E-state index in [2.05, 4.69) is 16.6 Å². The molecule has 0 spiro atoms. The molecule has 0 fully saturated rings. The minimum atomic E-state index is -0.257. The molecule has 28 heavy (non-hydrogen) atoms. The molecule has 2 aromatic heterocycles. The van der Waals surface area contributed by atoms with E-state index in [1.807, 2.05) is 63.5 Å². The van der Waals surface area contributed by atoms with Crippen molar-refractivity contribution < 1.29 is 9.21 Å². The van der Waals surface area contributed by atoms with E-state index < -0.39 is 0 Å². The van der Waals surface area contributed by atoms with Crippen molar-refractivity contribution in [2.45, 2.75) is 34.6 Å². The minimum Gasteiger partial charge on any atom is -0.443 e. The van der Waals surface area contributed by atoms with Crippen molar-refractivity contribution in [1.29, 1.82) is 5.26 Å². The van der Waals surface area contributed by atoms with E-state index in [4.69, 9.17) is 4.42 Å². The fourth-order valence-corrected chi connectivity index (χ4v) is 3.18. The molecule has 0 saturated heterocycles. The van der Waals surface area contributed by atoms with Crippen LogP contribution in [0.15, 0.2) is 39.9 Å². The smallest absolute Gasteiger partial charge is 0.271 e. The number of hydrogen-bond donors (Lipinski definition) is 1. The lowest BCUT2D eigenvalue weighted by atomic mass is 10.1. The second kappa shape index (κ2) is 7.57. The second-order valence-corrected chi connectivity index (χ2v) is 6.75. The molecule has 6 nitrogen and oxygen atoms in total. The quantitative estimate of drug-likeness (QED) is 0.547. The fourth-order valence-electron chi connectivity index (χ4n) is 3.18. The van der Waals surface area contributed by atoms with Crippen molar-refractivity contribution in [1.82, 2.24) is 9.99 Å². The zero-order valence-electron chi connectivity index (χ0n) is 16.6. The van der Waals surface area contributed by atoms with Crippen LogP contribution in [0.25, 0.3) is 5.88 Å². The molecule has 3 rings (SSSR count). The molecule has 0 aliphatic rings. The van der Waals surface area contributed by atoms with E-state index in [0.29, 0.717) is 17.0 Å². The van der Waals surface area contributed by atoms with Gasteiger partial charge in [-0.15, -0.1) is 0 Å². The Morgan fingerprint density at radius 3 is 2.61 bits per heavy atom. The first-order valence-electron chi connectivity index (χ1n) is 8.93. The summed E-state index contributed by atoms with van der Waals surface area (Å²) in [6, 6.07) is 11.5. The summed E-state index contributed by atoms with van der Waals surface area (Å²) in [5, 5.41) is 13.6. The number of aryl methyl sites for hydroxylation is 3. The molecule has 0 radical (unpaired) electrons. The van der Waals surface area contributed by atoms with Crippen LogP contribution in [-0.2, 0) is 0 Å². The number of hydrogen-bond acceptors (Lipinski definition) is 4. The number of carbonyl (C=O) groups excluding carboxylic acids is 1. The highest BCUT2D eigenvalue weighted by atomic mass is 16.4. The standard InChI is InChI=1S/C22H22N4O2/c1-13-8-6-7-9-19(13)21(27)25-24-12-18-10-14(2)26(16(18)4)22-20(11-23)15(3)17(5)28-22/h6-10,12H,1-5H3,(H,25,27)/b24-12-. The Morgan fingerprint density at radius 2 is 1.93 bits per heavy atom. The number of furan rings is 1. The molecule has 6 heteroatoms. The van der Waals surface area contributed by atoms with Crippen molar-refractivity contribution in [2.24, 2.45) is 5.10 Å². The summed E-state index contributed by atoms with van der Waals surface area (Å²) < 4.78 is 7.73. The third kappa shape index (κ3) is 3.35. The number of nitrogens with one attached hydrogen (secondary N) is 1. The first kappa shape index (κ1) is 19.2. The maximum Gasteiger partial charge on any atom is 0.271 e. The number of benzene rings is 1. The lowest BCUT2D eigenvalue weighted by Crippen LogP contribution is -2.18. The highest BCUT2D eigenvalue weighted by molar-refractivity contribution is 5.96. The lowest BCUT2D eigenvalue weighted by molar-refractivity contribution is 0.0954. The Balaban J connectivity index is 1.88. The highest BCUT2D eigenvalue weighted by Crippen LogP contribution is 2.28. The average molecular weight is 374 g/mol. The molecule has 1 aromatic carbocycles. The van der Waals surface area contributed by atoms with Gasteiger partial charge in [0, 0.05) is 28.1 Å². The first-order valence-corrected chi connectivity index (χ1v) is 8.93. The molecule has 1 N–H and O–H groups in total. The summed E-state index contributed by atoms with van der Waals surface area (Å²) in [5.74, 6) is 0.975. The number of amides is 1. The van der Waals surface area contributed by atoms with Crippen molar-refractivity contribution in [3.8, 4) is 12.0 Å². The summed E-state index contributed by atoms with van der Waals surface area (Å²) in [6.07, 6.45) is 1.60. The van der Waals surface area contributed by atoms with E-state index in [1.54, 1.807) is 12.3 Å². The van der Waals surface area contributed by atoms with Crippen LogP contribution in [0.3, 0.4) is 0 Å². The first-order chi connectivity index (χ1) is 13.3. The third-order valence-corrected chi connectivity index (χ3v) is 4.91. The molecule has 2 heterocycles. The number of nitrogens with zero attached hydrogens (tertiary/aromatic N) is 3. The van der Waals surface area contributed by atoms with Gasteiger partial charge in [-0.2, -0.15) is 10.4 Å². The lowest BCUT2D eigenvalue weighted by Gasteiger charge is -2.06. The van der Waals surface area contributed by atoms with E-state index in [0.717, 1.165) is 33.8 Å². The van der Waals surface area contributed by atoms with Gasteiger partial charge in [0.2, 0.25) is 5.88 Å². The summed E-state index contributed by atoms with van der Waals surface area (Å²) in [5.41, 5.74) is 8.02. The van der Waals surface area contributed by atoms with Crippen molar-refractivity contribution in [2.75, 3.05) is 0 Å². The van der Waals surface area contributed by atoms with Gasteiger partial charge < -0.3 is 4.42 Å². The number of hydrazone groups is 1. The summed E-state index contributed by atoms with van der Waals surface area (Å²) in [4.78, 5) is 12.3. The molecule has 0 atom stereocenters. The van der Waals surface area contributed by atoms with Gasteiger partial charge in [0.15, 0.2) is 0 Å². The second-order valence-electron chi connectivity index (χ2n) is 6.75. The average Bonchev–Trinajstić information content (AvgIpc) is 3.10. The van der Waals surface area contributed by atoms with Gasteiger partial charge in [-0.25, -0.2) is 5.43 Å². The predicted octanol–water partition coefficient (Wildman–Crippen LogP) is 4.25. The maximum absolute atomic E-state index is 12.3. The monoisotopic (exact) mass is 374 g/mol. The van der Waals surface area contributed by atoms with Crippen molar-refractivity contribution >= 4 is 12.1 Å². The minimum absolute atomic E-state index is 0.257. The molecule has 3 aromatic rings. The van der Waals surface area contributed by atoms with Crippen LogP contribution in [0.1, 0.15) is 49.8 Å². The number of rotatable bonds is 4. The Bertz CT molecular complexity index is 1130. The molecular weight excluding hydrogens is 352 g/mol. The molecule has 0 aliphatic carbocycles. The SMILES string of the molecule is Cc1ccccc1C(=O)N/N=C\c1cc(C)n(-c2oc(C)c(C)c2C#N)c1C. The van der Waals surface area contributed by atoms with Gasteiger partial charge in [-0.1, -0.05) is 18.2 Å². The van der Waals surface area contributed by atoms with Gasteiger partial charge in [-0.05, 0) is 52.3 Å². The number of nitriles is 1. The molecule has 142 valence electrons. The summed E-state index contributed by atoms with van der Waals surface area (Å²) >= 11 is 0. The largest absolute Gasteiger partial charge is 0.443 e. The van der Waals surface area contributed by atoms with Gasteiger partial charge in [0.05, 0.1) is 6.21 Å². The van der Waals surface area contributed by atoms with E-state index in [9.17, 15) is 10.1 Å². The van der Waals surface area contributed by atoms with Crippen LogP contribution in [-0.4, -0.2) is 16.7 Å². The van der Waals surface area contributed by atoms with Crippen molar-refractivity contribution in [3.05, 3.63) is 75.3 Å². The van der Waals surface area contributed by atoms with Crippen LogP contribution < -0.4 is 5.43 Å². The van der Waals surface area contributed by atoms with Gasteiger partial charge in [0.1, 0.15) is 17.4 Å².